The molecule has 0 bridgehead atoms. The third kappa shape index (κ3) is 3.56. The number of benzene rings is 1. The third-order valence-corrected chi connectivity index (χ3v) is 4.55. The molecule has 1 aromatic rings. The monoisotopic (exact) mass is 291 g/mol. The summed E-state index contributed by atoms with van der Waals surface area (Å²) in [6.45, 7) is 4.82. The Kier molecular flexibility index (Phi) is 4.88. The second kappa shape index (κ2) is 6.48. The maximum atomic E-state index is 11.3. The van der Waals surface area contributed by atoms with Gasteiger partial charge in [-0.3, -0.25) is 4.79 Å². The van der Waals surface area contributed by atoms with E-state index in [1.807, 2.05) is 12.1 Å². The molecule has 4 heteroatoms. The Hall–Kier alpha value is -1.55. The summed E-state index contributed by atoms with van der Waals surface area (Å²) in [4.78, 5) is 11.3. The van der Waals surface area contributed by atoms with Gasteiger partial charge >= 0.3 is 5.97 Å². The number of carboxylic acid groups (broad SMARTS) is 1. The SMILES string of the molecule is CC(C)c1ccc(OCCC2CCCC2(N)C(=O)O)cc1. The van der Waals surface area contributed by atoms with E-state index in [4.69, 9.17) is 10.5 Å². The number of nitrogens with two attached hydrogens (primary N) is 1. The molecule has 2 rings (SSSR count). The molecule has 0 spiro atoms. The summed E-state index contributed by atoms with van der Waals surface area (Å²) in [5.74, 6) is 0.456. The molecule has 0 saturated heterocycles. The number of carbonyl (C=O) groups is 1. The van der Waals surface area contributed by atoms with E-state index in [1.165, 1.54) is 5.56 Å². The van der Waals surface area contributed by atoms with Crippen LogP contribution in [0.5, 0.6) is 5.75 Å². The highest BCUT2D eigenvalue weighted by Gasteiger charge is 2.45. The molecule has 0 radical (unpaired) electrons. The number of hydrogen-bond donors (Lipinski definition) is 2. The molecular weight excluding hydrogens is 266 g/mol. The Morgan fingerprint density at radius 1 is 1.43 bits per heavy atom. The van der Waals surface area contributed by atoms with Crippen LogP contribution >= 0.6 is 0 Å². The second-order valence-corrected chi connectivity index (χ2v) is 6.30. The lowest BCUT2D eigenvalue weighted by atomic mass is 9.86. The number of rotatable bonds is 6. The Morgan fingerprint density at radius 3 is 2.67 bits per heavy atom. The lowest BCUT2D eigenvalue weighted by Crippen LogP contribution is -2.51. The lowest BCUT2D eigenvalue weighted by Gasteiger charge is -2.26. The van der Waals surface area contributed by atoms with E-state index in [0.717, 1.165) is 18.6 Å². The van der Waals surface area contributed by atoms with E-state index >= 15 is 0 Å². The predicted octanol–water partition coefficient (Wildman–Crippen LogP) is 3.16. The minimum Gasteiger partial charge on any atom is -0.494 e. The van der Waals surface area contributed by atoms with Crippen molar-refractivity contribution in [2.75, 3.05) is 6.61 Å². The van der Waals surface area contributed by atoms with Gasteiger partial charge in [-0.05, 0) is 48.8 Å². The summed E-state index contributed by atoms with van der Waals surface area (Å²) in [7, 11) is 0. The van der Waals surface area contributed by atoms with Gasteiger partial charge in [0.1, 0.15) is 11.3 Å². The first-order valence-corrected chi connectivity index (χ1v) is 7.68. The zero-order valence-electron chi connectivity index (χ0n) is 12.8. The van der Waals surface area contributed by atoms with Crippen molar-refractivity contribution in [3.05, 3.63) is 29.8 Å². The van der Waals surface area contributed by atoms with E-state index in [1.54, 1.807) is 0 Å². The molecule has 2 atom stereocenters. The van der Waals surface area contributed by atoms with Crippen LogP contribution in [0.1, 0.15) is 51.0 Å². The van der Waals surface area contributed by atoms with E-state index in [2.05, 4.69) is 26.0 Å². The molecule has 2 unspecified atom stereocenters. The first-order valence-electron chi connectivity index (χ1n) is 7.68. The average Bonchev–Trinajstić information content (AvgIpc) is 2.82. The van der Waals surface area contributed by atoms with Crippen LogP contribution in [-0.4, -0.2) is 23.2 Å². The lowest BCUT2D eigenvalue weighted by molar-refractivity contribution is -0.144. The fourth-order valence-electron chi connectivity index (χ4n) is 3.05. The minimum atomic E-state index is -1.06. The third-order valence-electron chi connectivity index (χ3n) is 4.55. The van der Waals surface area contributed by atoms with Gasteiger partial charge in [-0.25, -0.2) is 0 Å². The van der Waals surface area contributed by atoms with Crippen LogP contribution in [-0.2, 0) is 4.79 Å². The average molecular weight is 291 g/mol. The fourth-order valence-corrected chi connectivity index (χ4v) is 3.05. The van der Waals surface area contributed by atoms with Crippen LogP contribution in [0.25, 0.3) is 0 Å². The summed E-state index contributed by atoms with van der Waals surface area (Å²) in [6.07, 6.45) is 3.01. The molecule has 1 aliphatic carbocycles. The first-order chi connectivity index (χ1) is 9.93. The number of carboxylic acids is 1. The molecule has 21 heavy (non-hydrogen) atoms. The van der Waals surface area contributed by atoms with Crippen molar-refractivity contribution in [2.45, 2.75) is 51.0 Å². The molecule has 0 aromatic heterocycles. The van der Waals surface area contributed by atoms with Crippen LogP contribution in [0, 0.1) is 5.92 Å². The van der Waals surface area contributed by atoms with Crippen molar-refractivity contribution >= 4 is 5.97 Å². The topological polar surface area (TPSA) is 72.5 Å². The molecule has 0 amide bonds. The minimum absolute atomic E-state index is 0.00457. The van der Waals surface area contributed by atoms with Crippen LogP contribution in [0.15, 0.2) is 24.3 Å². The van der Waals surface area contributed by atoms with Gasteiger partial charge < -0.3 is 15.6 Å². The second-order valence-electron chi connectivity index (χ2n) is 6.30. The normalized spacial score (nSPS) is 25.2. The van der Waals surface area contributed by atoms with Crippen molar-refractivity contribution in [2.24, 2.45) is 11.7 Å². The Balaban J connectivity index is 1.85. The highest BCUT2D eigenvalue weighted by molar-refractivity contribution is 5.79. The van der Waals surface area contributed by atoms with Gasteiger partial charge in [0.05, 0.1) is 6.61 Å². The number of aliphatic carboxylic acids is 1. The van der Waals surface area contributed by atoms with Gasteiger partial charge in [0.25, 0.3) is 0 Å². The van der Waals surface area contributed by atoms with Crippen molar-refractivity contribution in [3.63, 3.8) is 0 Å². The highest BCUT2D eigenvalue weighted by Crippen LogP contribution is 2.36. The van der Waals surface area contributed by atoms with Gasteiger partial charge in [0.15, 0.2) is 0 Å². The summed E-state index contributed by atoms with van der Waals surface area (Å²) < 4.78 is 5.73. The van der Waals surface area contributed by atoms with Crippen LogP contribution in [0.3, 0.4) is 0 Å². The van der Waals surface area contributed by atoms with Crippen molar-refractivity contribution in [1.29, 1.82) is 0 Å². The van der Waals surface area contributed by atoms with E-state index in [-0.39, 0.29) is 5.92 Å². The summed E-state index contributed by atoms with van der Waals surface area (Å²) in [5.41, 5.74) is 6.24. The van der Waals surface area contributed by atoms with Crippen molar-refractivity contribution in [3.8, 4) is 5.75 Å². The van der Waals surface area contributed by atoms with Gasteiger partial charge in [-0.15, -0.1) is 0 Å². The summed E-state index contributed by atoms with van der Waals surface area (Å²) in [6, 6.07) is 8.08. The molecule has 1 aromatic carbocycles. The molecule has 4 nitrogen and oxygen atoms in total. The van der Waals surface area contributed by atoms with Gasteiger partial charge in [-0.1, -0.05) is 32.4 Å². The van der Waals surface area contributed by atoms with Gasteiger partial charge in [0.2, 0.25) is 0 Å². The largest absolute Gasteiger partial charge is 0.494 e. The van der Waals surface area contributed by atoms with Crippen LogP contribution < -0.4 is 10.5 Å². The Bertz CT molecular complexity index is 483. The smallest absolute Gasteiger partial charge is 0.323 e. The molecule has 0 aliphatic heterocycles. The molecule has 3 N–H and O–H groups in total. The first kappa shape index (κ1) is 15.8. The quantitative estimate of drug-likeness (QED) is 0.844. The molecule has 1 aliphatic rings. The fraction of sp³-hybridized carbons (Fsp3) is 0.588. The molecular formula is C17H25NO3. The van der Waals surface area contributed by atoms with Gasteiger partial charge in [-0.2, -0.15) is 0 Å². The number of ether oxygens (including phenoxy) is 1. The maximum Gasteiger partial charge on any atom is 0.323 e. The van der Waals surface area contributed by atoms with Crippen molar-refractivity contribution in [1.82, 2.24) is 0 Å². The van der Waals surface area contributed by atoms with Crippen molar-refractivity contribution < 1.29 is 14.6 Å². The molecule has 1 fully saturated rings. The molecule has 0 heterocycles. The standard InChI is InChI=1S/C17H25NO3/c1-12(2)13-5-7-15(8-6-13)21-11-9-14-4-3-10-17(14,18)16(19)20/h5-8,12,14H,3-4,9-11,18H2,1-2H3,(H,19,20). The molecule has 116 valence electrons. The zero-order valence-corrected chi connectivity index (χ0v) is 12.8. The predicted molar refractivity (Wildman–Crippen MR) is 82.5 cm³/mol. The van der Waals surface area contributed by atoms with E-state index < -0.39 is 11.5 Å². The summed E-state index contributed by atoms with van der Waals surface area (Å²) >= 11 is 0. The number of hydrogen-bond acceptors (Lipinski definition) is 3. The Morgan fingerprint density at radius 2 is 2.10 bits per heavy atom. The van der Waals surface area contributed by atoms with Gasteiger partial charge in [0, 0.05) is 0 Å². The Labute approximate surface area is 126 Å². The van der Waals surface area contributed by atoms with Crippen LogP contribution in [0.4, 0.5) is 0 Å². The van der Waals surface area contributed by atoms with Crippen LogP contribution in [0.2, 0.25) is 0 Å². The van der Waals surface area contributed by atoms with E-state index in [9.17, 15) is 9.90 Å². The summed E-state index contributed by atoms with van der Waals surface area (Å²) in [5, 5.41) is 9.28. The highest BCUT2D eigenvalue weighted by atomic mass is 16.5. The zero-order chi connectivity index (χ0) is 15.5. The molecule has 1 saturated carbocycles. The van der Waals surface area contributed by atoms with E-state index in [0.29, 0.717) is 25.4 Å². The maximum absolute atomic E-state index is 11.3.